The quantitative estimate of drug-likeness (QED) is 0.536. The maximum atomic E-state index is 11.1. The van der Waals surface area contributed by atoms with E-state index in [9.17, 15) is 4.79 Å². The summed E-state index contributed by atoms with van der Waals surface area (Å²) in [6.45, 7) is 1.61. The molecule has 70 valence electrons. The number of rotatable bonds is 1. The van der Waals surface area contributed by atoms with Crippen molar-refractivity contribution >= 4 is 29.2 Å². The summed E-state index contributed by atoms with van der Waals surface area (Å²) in [7, 11) is 1.24. The molecule has 0 aliphatic heterocycles. The van der Waals surface area contributed by atoms with Crippen LogP contribution in [0, 0.1) is 6.92 Å². The van der Waals surface area contributed by atoms with Crippen LogP contribution in [-0.4, -0.2) is 23.0 Å². The van der Waals surface area contributed by atoms with E-state index in [1.165, 1.54) is 7.11 Å². The first-order chi connectivity index (χ1) is 6.06. The molecule has 0 aliphatic rings. The number of hydrogen-bond donors (Lipinski definition) is 0. The highest BCUT2D eigenvalue weighted by Crippen LogP contribution is 2.22. The van der Waals surface area contributed by atoms with Crippen molar-refractivity contribution in [3.05, 3.63) is 21.7 Å². The zero-order valence-corrected chi connectivity index (χ0v) is 8.48. The fourth-order valence-electron chi connectivity index (χ4n) is 0.757. The monoisotopic (exact) mass is 220 g/mol. The van der Waals surface area contributed by atoms with Gasteiger partial charge in [-0.25, -0.2) is 14.8 Å². The maximum absolute atomic E-state index is 11.1. The zero-order chi connectivity index (χ0) is 10.0. The third kappa shape index (κ3) is 2.08. The van der Waals surface area contributed by atoms with Crippen LogP contribution in [-0.2, 0) is 4.74 Å². The Morgan fingerprint density at radius 3 is 2.54 bits per heavy atom. The van der Waals surface area contributed by atoms with Gasteiger partial charge in [0, 0.05) is 0 Å². The number of halogens is 2. The number of nitrogens with zero attached hydrogens (tertiary/aromatic N) is 2. The highest BCUT2D eigenvalue weighted by molar-refractivity contribution is 6.42. The molecule has 0 unspecified atom stereocenters. The van der Waals surface area contributed by atoms with Crippen molar-refractivity contribution in [2.45, 2.75) is 6.92 Å². The molecule has 0 radical (unpaired) electrons. The van der Waals surface area contributed by atoms with Crippen molar-refractivity contribution < 1.29 is 9.53 Å². The van der Waals surface area contributed by atoms with Gasteiger partial charge in [0.1, 0.15) is 10.8 Å². The van der Waals surface area contributed by atoms with Gasteiger partial charge < -0.3 is 4.74 Å². The Morgan fingerprint density at radius 1 is 1.38 bits per heavy atom. The highest BCUT2D eigenvalue weighted by atomic mass is 35.5. The molecule has 0 fully saturated rings. The van der Waals surface area contributed by atoms with Gasteiger partial charge >= 0.3 is 5.97 Å². The molecular weight excluding hydrogens is 215 g/mol. The SMILES string of the molecule is COC(=O)c1nc(C)nc(Cl)c1Cl. The molecule has 0 aliphatic carbocycles. The normalized spacial score (nSPS) is 9.85. The van der Waals surface area contributed by atoms with E-state index in [0.717, 1.165) is 0 Å². The van der Waals surface area contributed by atoms with Crippen LogP contribution < -0.4 is 0 Å². The van der Waals surface area contributed by atoms with E-state index < -0.39 is 5.97 Å². The minimum absolute atomic E-state index is 0.0123. The van der Waals surface area contributed by atoms with Crippen LogP contribution >= 0.6 is 23.2 Å². The van der Waals surface area contributed by atoms with Crippen molar-refractivity contribution in [1.82, 2.24) is 9.97 Å². The number of aryl methyl sites for hydroxylation is 1. The van der Waals surface area contributed by atoms with E-state index >= 15 is 0 Å². The van der Waals surface area contributed by atoms with Gasteiger partial charge in [0.15, 0.2) is 10.8 Å². The molecule has 0 aromatic carbocycles. The molecule has 1 aromatic heterocycles. The van der Waals surface area contributed by atoms with Gasteiger partial charge in [-0.15, -0.1) is 0 Å². The molecule has 0 atom stereocenters. The lowest BCUT2D eigenvalue weighted by molar-refractivity contribution is 0.0593. The van der Waals surface area contributed by atoms with E-state index in [1.54, 1.807) is 6.92 Å². The minimum atomic E-state index is -0.627. The fourth-order valence-corrected chi connectivity index (χ4v) is 1.13. The van der Waals surface area contributed by atoms with E-state index in [1.807, 2.05) is 0 Å². The molecule has 0 spiro atoms. The molecule has 0 amide bonds. The summed E-state index contributed by atoms with van der Waals surface area (Å²) in [6, 6.07) is 0. The first kappa shape index (κ1) is 10.2. The summed E-state index contributed by atoms with van der Waals surface area (Å²) in [5.74, 6) is -0.257. The van der Waals surface area contributed by atoms with Crippen molar-refractivity contribution in [2.24, 2.45) is 0 Å². The van der Waals surface area contributed by atoms with Gasteiger partial charge in [-0.1, -0.05) is 23.2 Å². The Kier molecular flexibility index (Phi) is 3.06. The molecule has 0 saturated carbocycles. The number of carbonyl (C=O) groups excluding carboxylic acids is 1. The average molecular weight is 221 g/mol. The van der Waals surface area contributed by atoms with E-state index in [2.05, 4.69) is 14.7 Å². The van der Waals surface area contributed by atoms with Gasteiger partial charge in [-0.2, -0.15) is 0 Å². The van der Waals surface area contributed by atoms with E-state index in [4.69, 9.17) is 23.2 Å². The fraction of sp³-hybridized carbons (Fsp3) is 0.286. The first-order valence-electron chi connectivity index (χ1n) is 3.34. The number of hydrogen-bond acceptors (Lipinski definition) is 4. The highest BCUT2D eigenvalue weighted by Gasteiger charge is 2.16. The first-order valence-corrected chi connectivity index (χ1v) is 4.09. The minimum Gasteiger partial charge on any atom is -0.464 e. The number of esters is 1. The molecule has 0 N–H and O–H groups in total. The summed E-state index contributed by atoms with van der Waals surface area (Å²) >= 11 is 11.3. The second-order valence-electron chi connectivity index (χ2n) is 2.22. The Balaban J connectivity index is 3.28. The van der Waals surface area contributed by atoms with E-state index in [-0.39, 0.29) is 15.9 Å². The molecule has 13 heavy (non-hydrogen) atoms. The lowest BCUT2D eigenvalue weighted by atomic mass is 10.4. The van der Waals surface area contributed by atoms with Crippen LogP contribution in [0.3, 0.4) is 0 Å². The predicted octanol–water partition coefficient (Wildman–Crippen LogP) is 1.88. The summed E-state index contributed by atoms with van der Waals surface area (Å²) in [5.41, 5.74) is -0.0123. The largest absolute Gasteiger partial charge is 0.464 e. The zero-order valence-electron chi connectivity index (χ0n) is 6.97. The van der Waals surface area contributed by atoms with Crippen LogP contribution in [0.25, 0.3) is 0 Å². The molecule has 0 bridgehead atoms. The standard InChI is InChI=1S/C7H6Cl2N2O2/c1-3-10-5(7(12)13-2)4(8)6(9)11-3/h1-2H3. The van der Waals surface area contributed by atoms with E-state index in [0.29, 0.717) is 5.82 Å². The van der Waals surface area contributed by atoms with Gasteiger partial charge in [-0.05, 0) is 6.92 Å². The molecule has 6 heteroatoms. The molecule has 1 rings (SSSR count). The third-order valence-corrected chi connectivity index (χ3v) is 2.03. The Labute approximate surface area is 84.8 Å². The van der Waals surface area contributed by atoms with Gasteiger partial charge in [0.05, 0.1) is 7.11 Å². The number of ether oxygens (including phenoxy) is 1. The average Bonchev–Trinajstić information content (AvgIpc) is 2.10. The van der Waals surface area contributed by atoms with Crippen LogP contribution in [0.15, 0.2) is 0 Å². The third-order valence-electron chi connectivity index (χ3n) is 1.30. The Bertz CT molecular complexity index is 355. The van der Waals surface area contributed by atoms with Crippen molar-refractivity contribution in [2.75, 3.05) is 7.11 Å². The summed E-state index contributed by atoms with van der Waals surface area (Å²) in [6.07, 6.45) is 0. The second-order valence-corrected chi connectivity index (χ2v) is 2.95. The molecular formula is C7H6Cl2N2O2. The molecule has 0 saturated heterocycles. The summed E-state index contributed by atoms with van der Waals surface area (Å²) in [4.78, 5) is 18.7. The Hall–Kier alpha value is -0.870. The van der Waals surface area contributed by atoms with Gasteiger partial charge in [-0.3, -0.25) is 0 Å². The molecule has 1 aromatic rings. The number of carbonyl (C=O) groups is 1. The van der Waals surface area contributed by atoms with Crippen LogP contribution in [0.5, 0.6) is 0 Å². The van der Waals surface area contributed by atoms with Gasteiger partial charge in [0.25, 0.3) is 0 Å². The molecule has 4 nitrogen and oxygen atoms in total. The van der Waals surface area contributed by atoms with Crippen molar-refractivity contribution in [3.8, 4) is 0 Å². The second kappa shape index (κ2) is 3.89. The van der Waals surface area contributed by atoms with Gasteiger partial charge in [0.2, 0.25) is 0 Å². The molecule has 1 heterocycles. The Morgan fingerprint density at radius 2 is 2.00 bits per heavy atom. The van der Waals surface area contributed by atoms with Crippen molar-refractivity contribution in [3.63, 3.8) is 0 Å². The lowest BCUT2D eigenvalue weighted by Gasteiger charge is -2.02. The number of methoxy groups -OCH3 is 1. The predicted molar refractivity (Wildman–Crippen MR) is 48.1 cm³/mol. The summed E-state index contributed by atoms with van der Waals surface area (Å²) in [5, 5.41) is 0.0636. The smallest absolute Gasteiger partial charge is 0.358 e. The maximum Gasteiger partial charge on any atom is 0.358 e. The lowest BCUT2D eigenvalue weighted by Crippen LogP contribution is -2.07. The van der Waals surface area contributed by atoms with Crippen LogP contribution in [0.4, 0.5) is 0 Å². The number of aromatic nitrogens is 2. The topological polar surface area (TPSA) is 52.1 Å². The van der Waals surface area contributed by atoms with Crippen LogP contribution in [0.1, 0.15) is 16.3 Å². The van der Waals surface area contributed by atoms with Crippen molar-refractivity contribution in [1.29, 1.82) is 0 Å². The summed E-state index contributed by atoms with van der Waals surface area (Å²) < 4.78 is 4.45. The van der Waals surface area contributed by atoms with Crippen LogP contribution in [0.2, 0.25) is 10.2 Å².